The van der Waals surface area contributed by atoms with Crippen molar-refractivity contribution in [1.29, 1.82) is 0 Å². The summed E-state index contributed by atoms with van der Waals surface area (Å²) in [5.74, 6) is 1.10. The number of hydrogen-bond donors (Lipinski definition) is 1. The molecular formula is C29H34FNO5. The number of aliphatic carboxylic acids is 1. The average Bonchev–Trinajstić information content (AvgIpc) is 3.25. The molecule has 3 aromatic rings. The minimum absolute atomic E-state index is 0.0751. The molecule has 0 aliphatic heterocycles. The molecule has 1 aromatic heterocycles. The van der Waals surface area contributed by atoms with E-state index in [2.05, 4.69) is 0 Å². The summed E-state index contributed by atoms with van der Waals surface area (Å²) in [6, 6.07) is 13.0. The normalized spacial score (nSPS) is 15.9. The molecule has 1 atom stereocenters. The van der Waals surface area contributed by atoms with Crippen LogP contribution in [0.1, 0.15) is 74.3 Å². The van der Waals surface area contributed by atoms with Gasteiger partial charge in [-0.3, -0.25) is 0 Å². The molecule has 7 heteroatoms. The summed E-state index contributed by atoms with van der Waals surface area (Å²) in [5.41, 5.74) is 0.144. The number of hydrogen-bond acceptors (Lipinski definition) is 5. The van der Waals surface area contributed by atoms with Crippen molar-refractivity contribution in [1.82, 2.24) is 4.98 Å². The van der Waals surface area contributed by atoms with E-state index in [1.54, 1.807) is 18.2 Å². The number of aromatic nitrogens is 1. The number of carboxylic acids is 1. The first-order valence-corrected chi connectivity index (χ1v) is 12.7. The molecule has 4 rings (SSSR count). The summed E-state index contributed by atoms with van der Waals surface area (Å²) in [6.07, 6.45) is 7.83. The van der Waals surface area contributed by atoms with Crippen molar-refractivity contribution < 1.29 is 28.2 Å². The van der Waals surface area contributed by atoms with Crippen LogP contribution in [0.15, 0.2) is 52.9 Å². The molecule has 0 radical (unpaired) electrons. The predicted octanol–water partition coefficient (Wildman–Crippen LogP) is 6.65. The van der Waals surface area contributed by atoms with E-state index < -0.39 is 17.4 Å². The summed E-state index contributed by atoms with van der Waals surface area (Å²) in [7, 11) is 0. The van der Waals surface area contributed by atoms with Crippen molar-refractivity contribution in [2.24, 2.45) is 0 Å². The Morgan fingerprint density at radius 1 is 1.14 bits per heavy atom. The molecule has 1 aliphatic carbocycles. The van der Waals surface area contributed by atoms with Gasteiger partial charge in [0.05, 0.1) is 12.3 Å². The lowest BCUT2D eigenvalue weighted by molar-refractivity contribution is -0.153. The van der Waals surface area contributed by atoms with Gasteiger partial charge in [0.25, 0.3) is 0 Å². The first-order valence-electron chi connectivity index (χ1n) is 12.7. The highest BCUT2D eigenvalue weighted by Crippen LogP contribution is 2.33. The van der Waals surface area contributed by atoms with E-state index in [-0.39, 0.29) is 12.2 Å². The highest BCUT2D eigenvalue weighted by atomic mass is 19.1. The molecule has 1 aliphatic rings. The Kier molecular flexibility index (Phi) is 8.28. The van der Waals surface area contributed by atoms with Gasteiger partial charge >= 0.3 is 5.97 Å². The lowest BCUT2D eigenvalue weighted by Crippen LogP contribution is -2.43. The summed E-state index contributed by atoms with van der Waals surface area (Å²) in [6.45, 7) is 3.96. The van der Waals surface area contributed by atoms with Gasteiger partial charge in [-0.25, -0.2) is 14.2 Å². The second kappa shape index (κ2) is 11.6. The third kappa shape index (κ3) is 6.45. The van der Waals surface area contributed by atoms with Crippen LogP contribution >= 0.6 is 0 Å². The van der Waals surface area contributed by atoms with E-state index in [4.69, 9.17) is 18.9 Å². The van der Waals surface area contributed by atoms with Crippen LogP contribution in [-0.4, -0.2) is 28.3 Å². The molecule has 6 nitrogen and oxygen atoms in total. The van der Waals surface area contributed by atoms with Gasteiger partial charge in [-0.05, 0) is 69.4 Å². The van der Waals surface area contributed by atoms with Crippen LogP contribution in [0.4, 0.5) is 4.39 Å². The number of oxazole rings is 1. The fourth-order valence-electron chi connectivity index (χ4n) is 4.65. The monoisotopic (exact) mass is 495 g/mol. The summed E-state index contributed by atoms with van der Waals surface area (Å²) < 4.78 is 31.4. The number of nitrogens with zero attached hydrogens (tertiary/aromatic N) is 1. The van der Waals surface area contributed by atoms with E-state index in [0.717, 1.165) is 35.7 Å². The van der Waals surface area contributed by atoms with Crippen molar-refractivity contribution in [3.63, 3.8) is 0 Å². The van der Waals surface area contributed by atoms with Gasteiger partial charge in [0.15, 0.2) is 17.5 Å². The van der Waals surface area contributed by atoms with Gasteiger partial charge in [0, 0.05) is 12.3 Å². The minimum Gasteiger partial charge on any atom is -0.494 e. The zero-order valence-corrected chi connectivity index (χ0v) is 21.0. The molecule has 1 unspecified atom stereocenters. The number of benzene rings is 2. The van der Waals surface area contributed by atoms with E-state index in [9.17, 15) is 14.3 Å². The molecule has 192 valence electrons. The largest absolute Gasteiger partial charge is 0.494 e. The van der Waals surface area contributed by atoms with Crippen LogP contribution in [-0.2, 0) is 17.6 Å². The molecule has 0 amide bonds. The van der Waals surface area contributed by atoms with Crippen LogP contribution in [0.5, 0.6) is 11.5 Å². The maximum Gasteiger partial charge on any atom is 0.348 e. The number of para-hydroxylation sites is 1. The Labute approximate surface area is 211 Å². The van der Waals surface area contributed by atoms with Gasteiger partial charge in [-0.2, -0.15) is 0 Å². The molecule has 1 heterocycles. The molecule has 1 fully saturated rings. The van der Waals surface area contributed by atoms with E-state index in [1.807, 2.05) is 19.1 Å². The molecule has 1 saturated carbocycles. The smallest absolute Gasteiger partial charge is 0.348 e. The maximum absolute atomic E-state index is 14.0. The topological polar surface area (TPSA) is 81.8 Å². The molecule has 0 spiro atoms. The Hall–Kier alpha value is -3.35. The van der Waals surface area contributed by atoms with Crippen LogP contribution < -0.4 is 9.47 Å². The summed E-state index contributed by atoms with van der Waals surface area (Å²) >= 11 is 0. The van der Waals surface area contributed by atoms with Crippen molar-refractivity contribution in [3.8, 4) is 11.5 Å². The fourth-order valence-corrected chi connectivity index (χ4v) is 4.65. The third-order valence-corrected chi connectivity index (χ3v) is 6.78. The highest BCUT2D eigenvalue weighted by molar-refractivity contribution is 5.78. The first kappa shape index (κ1) is 25.7. The van der Waals surface area contributed by atoms with Crippen LogP contribution in [0.25, 0.3) is 0 Å². The van der Waals surface area contributed by atoms with Crippen LogP contribution in [0.2, 0.25) is 0 Å². The van der Waals surface area contributed by atoms with E-state index in [0.29, 0.717) is 18.3 Å². The number of ether oxygens (including phenoxy) is 2. The van der Waals surface area contributed by atoms with E-state index >= 15 is 0 Å². The van der Waals surface area contributed by atoms with Gasteiger partial charge in [0.2, 0.25) is 5.60 Å². The Morgan fingerprint density at radius 2 is 1.86 bits per heavy atom. The lowest BCUT2D eigenvalue weighted by atomic mass is 9.89. The van der Waals surface area contributed by atoms with Crippen molar-refractivity contribution in [2.45, 2.75) is 76.7 Å². The molecule has 1 N–H and O–H groups in total. The van der Waals surface area contributed by atoms with Crippen molar-refractivity contribution >= 4 is 5.97 Å². The minimum atomic E-state index is -1.61. The second-order valence-electron chi connectivity index (χ2n) is 9.73. The number of carbonyl (C=O) groups is 1. The Balaban J connectivity index is 1.28. The predicted molar refractivity (Wildman–Crippen MR) is 134 cm³/mol. The Bertz CT molecular complexity index is 1150. The number of rotatable bonds is 11. The zero-order chi connectivity index (χ0) is 25.5. The first-order chi connectivity index (χ1) is 17.3. The average molecular weight is 496 g/mol. The molecular weight excluding hydrogens is 461 g/mol. The molecule has 0 bridgehead atoms. The van der Waals surface area contributed by atoms with Crippen LogP contribution in [0, 0.1) is 12.7 Å². The third-order valence-electron chi connectivity index (χ3n) is 6.78. The van der Waals surface area contributed by atoms with Crippen molar-refractivity contribution in [2.75, 3.05) is 6.61 Å². The number of aryl methyl sites for hydroxylation is 2. The van der Waals surface area contributed by atoms with Gasteiger partial charge in [0.1, 0.15) is 11.5 Å². The van der Waals surface area contributed by atoms with Gasteiger partial charge in [-0.1, -0.05) is 43.5 Å². The molecule has 0 saturated heterocycles. The lowest BCUT2D eigenvalue weighted by Gasteiger charge is -2.26. The SMILES string of the molecule is Cc1oc(C2CCCCC2)nc1CCCOc1ccc(CC(C)(Oc2ccccc2F)C(=O)O)cc1. The quantitative estimate of drug-likeness (QED) is 0.300. The summed E-state index contributed by atoms with van der Waals surface area (Å²) in [5, 5.41) is 9.75. The standard InChI is InChI=1S/C29H34FNO5/c1-20-25(31-27(35-20)22-9-4-3-5-10-22)12-8-18-34-23-16-14-21(15-17-23)19-29(2,28(32)33)36-26-13-7-6-11-24(26)30/h6-7,11,13-17,22H,3-5,8-10,12,18-19H2,1-2H3,(H,32,33). The van der Waals surface area contributed by atoms with Crippen LogP contribution in [0.3, 0.4) is 0 Å². The van der Waals surface area contributed by atoms with Gasteiger partial charge < -0.3 is 19.0 Å². The fraction of sp³-hybridized carbons (Fsp3) is 0.448. The van der Waals surface area contributed by atoms with E-state index in [1.165, 1.54) is 57.2 Å². The molecule has 2 aromatic carbocycles. The maximum atomic E-state index is 14.0. The number of carboxylic acid groups (broad SMARTS) is 1. The second-order valence-corrected chi connectivity index (χ2v) is 9.73. The Morgan fingerprint density at radius 3 is 2.56 bits per heavy atom. The zero-order valence-electron chi connectivity index (χ0n) is 21.0. The van der Waals surface area contributed by atoms with Crippen molar-refractivity contribution in [3.05, 3.63) is 77.3 Å². The molecule has 36 heavy (non-hydrogen) atoms. The van der Waals surface area contributed by atoms with Gasteiger partial charge in [-0.15, -0.1) is 0 Å². The summed E-state index contributed by atoms with van der Waals surface area (Å²) in [4.78, 5) is 16.7. The highest BCUT2D eigenvalue weighted by Gasteiger charge is 2.36. The number of halogens is 1.